The fraction of sp³-hybridized carbons (Fsp3) is 0.160. The molecule has 0 radical (unpaired) electrons. The third kappa shape index (κ3) is 4.84. The third-order valence-electron chi connectivity index (χ3n) is 5.45. The molecule has 3 aromatic carbocycles. The van der Waals surface area contributed by atoms with Crippen molar-refractivity contribution in [2.45, 2.75) is 19.1 Å². The van der Waals surface area contributed by atoms with Crippen LogP contribution in [-0.4, -0.2) is 40.1 Å². The number of nitrogens with zero attached hydrogens (tertiary/aromatic N) is 1. The molecule has 6 N–H and O–H groups in total. The Bertz CT molecular complexity index is 1340. The van der Waals surface area contributed by atoms with Gasteiger partial charge < -0.3 is 31.2 Å². The number of hydrogen-bond acceptors (Lipinski definition) is 6. The smallest absolute Gasteiger partial charge is 0.255 e. The zero-order valence-corrected chi connectivity index (χ0v) is 18.7. The summed E-state index contributed by atoms with van der Waals surface area (Å²) in [6, 6.07) is 17.9. The lowest BCUT2D eigenvalue weighted by atomic mass is 9.99. The molecule has 0 saturated heterocycles. The van der Waals surface area contributed by atoms with E-state index in [0.29, 0.717) is 33.6 Å². The molecule has 1 heterocycles. The van der Waals surface area contributed by atoms with Crippen molar-refractivity contribution >= 4 is 34.5 Å². The first kappa shape index (κ1) is 22.8. The number of carbonyl (C=O) groups is 2. The molecular weight excluding hydrogens is 434 g/mol. The lowest BCUT2D eigenvalue weighted by molar-refractivity contribution is -0.125. The maximum atomic E-state index is 13.0. The zero-order chi connectivity index (χ0) is 24.2. The minimum atomic E-state index is -1.56. The van der Waals surface area contributed by atoms with Crippen molar-refractivity contribution in [1.29, 1.82) is 0 Å². The number of nitrogens with two attached hydrogens (primary N) is 1. The number of methoxy groups -OCH3 is 1. The van der Waals surface area contributed by atoms with Gasteiger partial charge in [0.25, 0.3) is 11.8 Å². The topological polar surface area (TPSA) is 142 Å². The molecule has 0 aliphatic carbocycles. The molecule has 0 spiro atoms. The molecule has 2 atom stereocenters. The van der Waals surface area contributed by atoms with Gasteiger partial charge in [-0.15, -0.1) is 0 Å². The van der Waals surface area contributed by atoms with Crippen LogP contribution < -0.4 is 21.1 Å². The number of H-pyrrole nitrogens is 1. The first-order valence-electron chi connectivity index (χ1n) is 10.6. The molecule has 4 aromatic rings. The molecular formula is C25H25N5O4. The lowest BCUT2D eigenvalue weighted by Crippen LogP contribution is -2.42. The fourth-order valence-corrected chi connectivity index (χ4v) is 3.72. The Hall–Kier alpha value is -4.37. The summed E-state index contributed by atoms with van der Waals surface area (Å²) in [6.45, 7) is 1.83. The zero-order valence-electron chi connectivity index (χ0n) is 18.7. The van der Waals surface area contributed by atoms with E-state index < -0.39 is 24.0 Å². The molecule has 4 rings (SSSR count). The number of anilines is 2. The Morgan fingerprint density at radius 1 is 1.09 bits per heavy atom. The van der Waals surface area contributed by atoms with Crippen LogP contribution in [0.2, 0.25) is 0 Å². The number of fused-ring (bicyclic) bond motifs is 1. The van der Waals surface area contributed by atoms with Gasteiger partial charge in [-0.3, -0.25) is 9.59 Å². The van der Waals surface area contributed by atoms with Crippen molar-refractivity contribution in [2.75, 3.05) is 18.2 Å². The first-order valence-corrected chi connectivity index (χ1v) is 10.6. The predicted octanol–water partition coefficient (Wildman–Crippen LogP) is 2.93. The summed E-state index contributed by atoms with van der Waals surface area (Å²) >= 11 is 0. The minimum absolute atomic E-state index is 0.263. The number of amides is 2. The second-order valence-corrected chi connectivity index (χ2v) is 7.83. The molecule has 0 fully saturated rings. The maximum Gasteiger partial charge on any atom is 0.255 e. The summed E-state index contributed by atoms with van der Waals surface area (Å²) in [5.41, 5.74) is 9.18. The highest BCUT2D eigenvalue weighted by Crippen LogP contribution is 2.23. The van der Waals surface area contributed by atoms with Crippen LogP contribution in [-0.2, 0) is 4.79 Å². The number of hydrogen-bond donors (Lipinski definition) is 5. The van der Waals surface area contributed by atoms with Crippen LogP contribution in [0.5, 0.6) is 5.75 Å². The Labute approximate surface area is 196 Å². The van der Waals surface area contributed by atoms with E-state index in [9.17, 15) is 14.7 Å². The minimum Gasteiger partial charge on any atom is -0.496 e. The van der Waals surface area contributed by atoms with Crippen LogP contribution in [0.4, 0.5) is 11.6 Å². The summed E-state index contributed by atoms with van der Waals surface area (Å²) in [4.78, 5) is 33.0. The van der Waals surface area contributed by atoms with Crippen molar-refractivity contribution in [3.8, 4) is 5.75 Å². The average Bonchev–Trinajstić information content (AvgIpc) is 3.21. The number of nitrogens with one attached hydrogen (secondary N) is 3. The Morgan fingerprint density at radius 3 is 2.56 bits per heavy atom. The van der Waals surface area contributed by atoms with Crippen molar-refractivity contribution in [2.24, 2.45) is 0 Å². The van der Waals surface area contributed by atoms with Crippen molar-refractivity contribution in [3.63, 3.8) is 0 Å². The third-order valence-corrected chi connectivity index (χ3v) is 5.45. The van der Waals surface area contributed by atoms with E-state index in [0.717, 1.165) is 5.56 Å². The molecule has 0 bridgehead atoms. The number of aliphatic hydroxyl groups excluding tert-OH is 1. The molecule has 2 amide bonds. The van der Waals surface area contributed by atoms with Crippen LogP contribution in [0.25, 0.3) is 11.0 Å². The van der Waals surface area contributed by atoms with Gasteiger partial charge in [-0.25, -0.2) is 4.98 Å². The summed E-state index contributed by atoms with van der Waals surface area (Å²) in [5.74, 6) is -0.182. The van der Waals surface area contributed by atoms with E-state index in [1.54, 1.807) is 67.8 Å². The number of benzene rings is 3. The van der Waals surface area contributed by atoms with Gasteiger partial charge in [0.05, 0.1) is 24.2 Å². The maximum absolute atomic E-state index is 13.0. The van der Waals surface area contributed by atoms with E-state index in [4.69, 9.17) is 10.5 Å². The summed E-state index contributed by atoms with van der Waals surface area (Å²) < 4.78 is 5.25. The SMILES string of the molecule is COc1ccc(C(=O)NC(c2ccccc2)C(O)C(=O)Nc2ccc3nc(N)[nH]c3c2)cc1C. The van der Waals surface area contributed by atoms with Gasteiger partial charge in [-0.2, -0.15) is 0 Å². The molecule has 174 valence electrons. The summed E-state index contributed by atoms with van der Waals surface area (Å²) in [6.07, 6.45) is -1.56. The number of aromatic nitrogens is 2. The molecule has 1 aromatic heterocycles. The summed E-state index contributed by atoms with van der Waals surface area (Å²) in [7, 11) is 1.56. The lowest BCUT2D eigenvalue weighted by Gasteiger charge is -2.24. The van der Waals surface area contributed by atoms with Gasteiger partial charge in [-0.05, 0) is 54.4 Å². The van der Waals surface area contributed by atoms with Crippen LogP contribution in [0, 0.1) is 6.92 Å². The number of rotatable bonds is 7. The molecule has 0 aliphatic rings. The second kappa shape index (κ2) is 9.63. The molecule has 2 unspecified atom stereocenters. The second-order valence-electron chi connectivity index (χ2n) is 7.83. The molecule has 34 heavy (non-hydrogen) atoms. The number of ether oxygens (including phenoxy) is 1. The highest BCUT2D eigenvalue weighted by molar-refractivity contribution is 5.98. The number of aromatic amines is 1. The van der Waals surface area contributed by atoms with E-state index in [1.807, 2.05) is 13.0 Å². The van der Waals surface area contributed by atoms with Crippen LogP contribution in [0.3, 0.4) is 0 Å². The van der Waals surface area contributed by atoms with Crippen molar-refractivity contribution in [3.05, 3.63) is 83.4 Å². The molecule has 0 saturated carbocycles. The monoisotopic (exact) mass is 459 g/mol. The quantitative estimate of drug-likeness (QED) is 0.288. The van der Waals surface area contributed by atoms with Gasteiger partial charge in [-0.1, -0.05) is 30.3 Å². The standard InChI is InChI=1S/C25H25N5O4/c1-14-12-16(8-11-20(14)34-2)23(32)30-21(15-6-4-3-5-7-15)22(31)24(33)27-17-9-10-18-19(13-17)29-25(26)28-18/h3-13,21-22,31H,1-2H3,(H,27,33)(H,30,32)(H3,26,28,29). The summed E-state index contributed by atoms with van der Waals surface area (Å²) in [5, 5.41) is 16.4. The first-order chi connectivity index (χ1) is 16.4. The van der Waals surface area contributed by atoms with Crippen LogP contribution >= 0.6 is 0 Å². The van der Waals surface area contributed by atoms with Gasteiger partial charge in [0.1, 0.15) is 5.75 Å². The fourth-order valence-electron chi connectivity index (χ4n) is 3.72. The molecule has 0 aliphatic heterocycles. The molecule has 9 nitrogen and oxygen atoms in total. The highest BCUT2D eigenvalue weighted by atomic mass is 16.5. The Kier molecular flexibility index (Phi) is 6.46. The van der Waals surface area contributed by atoms with Crippen LogP contribution in [0.1, 0.15) is 27.5 Å². The van der Waals surface area contributed by atoms with Gasteiger partial charge in [0.15, 0.2) is 12.1 Å². The van der Waals surface area contributed by atoms with Crippen molar-refractivity contribution in [1.82, 2.24) is 15.3 Å². The average molecular weight is 460 g/mol. The predicted molar refractivity (Wildman–Crippen MR) is 130 cm³/mol. The van der Waals surface area contributed by atoms with E-state index in [-0.39, 0.29) is 5.95 Å². The van der Waals surface area contributed by atoms with Gasteiger partial charge in [0, 0.05) is 11.3 Å². The van der Waals surface area contributed by atoms with E-state index >= 15 is 0 Å². The van der Waals surface area contributed by atoms with E-state index in [1.165, 1.54) is 0 Å². The number of aliphatic hydroxyl groups is 1. The van der Waals surface area contributed by atoms with E-state index in [2.05, 4.69) is 20.6 Å². The van der Waals surface area contributed by atoms with Crippen LogP contribution in [0.15, 0.2) is 66.7 Å². The van der Waals surface area contributed by atoms with Crippen molar-refractivity contribution < 1.29 is 19.4 Å². The van der Waals surface area contributed by atoms with Gasteiger partial charge in [0.2, 0.25) is 0 Å². The highest BCUT2D eigenvalue weighted by Gasteiger charge is 2.29. The largest absolute Gasteiger partial charge is 0.496 e. The number of imidazole rings is 1. The Morgan fingerprint density at radius 2 is 1.85 bits per heavy atom. The number of carbonyl (C=O) groups excluding carboxylic acids is 2. The molecule has 9 heteroatoms. The van der Waals surface area contributed by atoms with Gasteiger partial charge >= 0.3 is 0 Å². The number of nitrogen functional groups attached to an aromatic ring is 1. The Balaban J connectivity index is 1.56. The number of aryl methyl sites for hydroxylation is 1. The normalized spacial score (nSPS) is 12.7.